The summed E-state index contributed by atoms with van der Waals surface area (Å²) in [5.41, 5.74) is 8.52. The van der Waals surface area contributed by atoms with Crippen LogP contribution in [-0.4, -0.2) is 19.9 Å². The van der Waals surface area contributed by atoms with Crippen LogP contribution in [0.2, 0.25) is 0 Å². The van der Waals surface area contributed by atoms with E-state index in [1.54, 1.807) is 35.1 Å². The molecule has 7 nitrogen and oxygen atoms in total. The quantitative estimate of drug-likeness (QED) is 0.451. The van der Waals surface area contributed by atoms with Gasteiger partial charge in [0.05, 0.1) is 22.5 Å². The van der Waals surface area contributed by atoms with Crippen molar-refractivity contribution < 1.29 is 4.92 Å². The highest BCUT2D eigenvalue weighted by atomic mass is 16.6. The van der Waals surface area contributed by atoms with E-state index in [2.05, 4.69) is 10.3 Å². The molecule has 2 aromatic carbocycles. The molecule has 0 fully saturated rings. The second kappa shape index (κ2) is 5.04. The summed E-state index contributed by atoms with van der Waals surface area (Å²) in [7, 11) is 0. The van der Waals surface area contributed by atoms with Crippen LogP contribution in [0.15, 0.2) is 54.7 Å². The maximum Gasteiger partial charge on any atom is 0.271 e. The number of non-ortho nitro benzene ring substituents is 1. The zero-order valence-electron chi connectivity index (χ0n) is 10.9. The van der Waals surface area contributed by atoms with Gasteiger partial charge in [-0.05, 0) is 18.2 Å². The van der Waals surface area contributed by atoms with E-state index in [4.69, 9.17) is 5.73 Å². The van der Waals surface area contributed by atoms with Gasteiger partial charge in [0.1, 0.15) is 0 Å². The summed E-state index contributed by atoms with van der Waals surface area (Å²) in [6.07, 6.45) is 1.60. The van der Waals surface area contributed by atoms with Gasteiger partial charge in [0.2, 0.25) is 0 Å². The van der Waals surface area contributed by atoms with Gasteiger partial charge < -0.3 is 5.73 Å². The van der Waals surface area contributed by atoms with E-state index in [0.717, 1.165) is 11.3 Å². The van der Waals surface area contributed by atoms with Crippen LogP contribution < -0.4 is 5.73 Å². The number of nitro groups is 1. The van der Waals surface area contributed by atoms with E-state index in [-0.39, 0.29) is 5.69 Å². The fraction of sp³-hybridized carbons (Fsp3) is 0. The second-order valence-electron chi connectivity index (χ2n) is 4.43. The Labute approximate surface area is 119 Å². The monoisotopic (exact) mass is 281 g/mol. The average molecular weight is 281 g/mol. The van der Waals surface area contributed by atoms with Gasteiger partial charge in [-0.2, -0.15) is 0 Å². The molecule has 1 heterocycles. The maximum absolute atomic E-state index is 10.9. The summed E-state index contributed by atoms with van der Waals surface area (Å²) in [6, 6.07) is 13.5. The molecule has 0 aliphatic carbocycles. The molecule has 0 aliphatic rings. The highest BCUT2D eigenvalue weighted by molar-refractivity contribution is 5.63. The van der Waals surface area contributed by atoms with Crippen molar-refractivity contribution in [1.29, 1.82) is 0 Å². The third-order valence-corrected chi connectivity index (χ3v) is 3.04. The molecule has 0 unspecified atom stereocenters. The van der Waals surface area contributed by atoms with Crippen LogP contribution in [-0.2, 0) is 0 Å². The minimum absolute atomic E-state index is 0.00579. The van der Waals surface area contributed by atoms with E-state index < -0.39 is 4.92 Å². The lowest BCUT2D eigenvalue weighted by Gasteiger charge is -2.06. The first-order chi connectivity index (χ1) is 10.1. The summed E-state index contributed by atoms with van der Waals surface area (Å²) in [6.45, 7) is 0. The average Bonchev–Trinajstić information content (AvgIpc) is 2.97. The molecule has 0 radical (unpaired) electrons. The van der Waals surface area contributed by atoms with Crippen molar-refractivity contribution in [2.24, 2.45) is 0 Å². The fourth-order valence-corrected chi connectivity index (χ4v) is 2.01. The van der Waals surface area contributed by atoms with E-state index >= 15 is 0 Å². The Hall–Kier alpha value is -3.22. The first-order valence-corrected chi connectivity index (χ1v) is 6.16. The van der Waals surface area contributed by atoms with Crippen molar-refractivity contribution in [2.75, 3.05) is 5.73 Å². The normalized spacial score (nSPS) is 10.5. The summed E-state index contributed by atoms with van der Waals surface area (Å²) >= 11 is 0. The Balaban J connectivity index is 2.08. The highest BCUT2D eigenvalue weighted by Gasteiger charge is 2.12. The molecule has 104 valence electrons. The standard InChI is InChI=1S/C14H11N5O2/c15-11-6-4-10(5-7-11)14-9-16-17-18(14)12-2-1-3-13(8-12)19(20)21/h1-9H,15H2. The van der Waals surface area contributed by atoms with Gasteiger partial charge in [0, 0.05) is 23.4 Å². The zero-order chi connectivity index (χ0) is 14.8. The summed E-state index contributed by atoms with van der Waals surface area (Å²) < 4.78 is 1.55. The molecule has 0 bridgehead atoms. The molecule has 21 heavy (non-hydrogen) atoms. The van der Waals surface area contributed by atoms with E-state index in [1.807, 2.05) is 12.1 Å². The molecule has 0 atom stereocenters. The van der Waals surface area contributed by atoms with Crippen LogP contribution in [0.4, 0.5) is 11.4 Å². The number of nitrogens with two attached hydrogens (primary N) is 1. The number of nitrogens with zero attached hydrogens (tertiary/aromatic N) is 4. The predicted molar refractivity (Wildman–Crippen MR) is 77.9 cm³/mol. The number of hydrogen-bond acceptors (Lipinski definition) is 5. The minimum Gasteiger partial charge on any atom is -0.399 e. The van der Waals surface area contributed by atoms with Crippen LogP contribution >= 0.6 is 0 Å². The molecule has 0 spiro atoms. The number of rotatable bonds is 3. The minimum atomic E-state index is -0.441. The predicted octanol–water partition coefficient (Wildman–Crippen LogP) is 2.42. The van der Waals surface area contributed by atoms with Crippen molar-refractivity contribution in [3.63, 3.8) is 0 Å². The van der Waals surface area contributed by atoms with Gasteiger partial charge in [-0.3, -0.25) is 10.1 Å². The Bertz CT molecular complexity index is 795. The maximum atomic E-state index is 10.9. The molecule has 7 heteroatoms. The highest BCUT2D eigenvalue weighted by Crippen LogP contribution is 2.24. The Morgan fingerprint density at radius 1 is 1.14 bits per heavy atom. The van der Waals surface area contributed by atoms with Gasteiger partial charge in [-0.15, -0.1) is 5.10 Å². The number of hydrogen-bond donors (Lipinski definition) is 1. The third-order valence-electron chi connectivity index (χ3n) is 3.04. The van der Waals surface area contributed by atoms with E-state index in [9.17, 15) is 10.1 Å². The van der Waals surface area contributed by atoms with Crippen molar-refractivity contribution >= 4 is 11.4 Å². The molecule has 0 saturated carbocycles. The van der Waals surface area contributed by atoms with E-state index in [1.165, 1.54) is 12.1 Å². The molecular weight excluding hydrogens is 270 g/mol. The van der Waals surface area contributed by atoms with Gasteiger partial charge in [-0.1, -0.05) is 23.4 Å². The van der Waals surface area contributed by atoms with Crippen molar-refractivity contribution in [3.8, 4) is 16.9 Å². The number of nitro benzene ring substituents is 1. The van der Waals surface area contributed by atoms with Gasteiger partial charge in [-0.25, -0.2) is 4.68 Å². The van der Waals surface area contributed by atoms with Crippen LogP contribution in [0.5, 0.6) is 0 Å². The number of anilines is 1. The molecule has 1 aromatic heterocycles. The van der Waals surface area contributed by atoms with E-state index in [0.29, 0.717) is 11.4 Å². The SMILES string of the molecule is Nc1ccc(-c2cnnn2-c2cccc([N+](=O)[O-])c2)cc1. The topological polar surface area (TPSA) is 99.9 Å². The molecule has 0 aliphatic heterocycles. The number of benzene rings is 2. The molecule has 0 saturated heterocycles. The van der Waals surface area contributed by atoms with Crippen molar-refractivity contribution in [1.82, 2.24) is 15.0 Å². The Morgan fingerprint density at radius 2 is 1.90 bits per heavy atom. The lowest BCUT2D eigenvalue weighted by atomic mass is 10.1. The molecular formula is C14H11N5O2. The molecule has 3 aromatic rings. The fourth-order valence-electron chi connectivity index (χ4n) is 2.01. The van der Waals surface area contributed by atoms with Crippen molar-refractivity contribution in [2.45, 2.75) is 0 Å². The molecule has 0 amide bonds. The van der Waals surface area contributed by atoms with Gasteiger partial charge >= 0.3 is 0 Å². The Kier molecular flexibility index (Phi) is 3.07. The number of aromatic nitrogens is 3. The first kappa shape index (κ1) is 12.8. The molecule has 3 rings (SSSR count). The second-order valence-corrected chi connectivity index (χ2v) is 4.43. The lowest BCUT2D eigenvalue weighted by molar-refractivity contribution is -0.384. The van der Waals surface area contributed by atoms with Crippen LogP contribution in [0.1, 0.15) is 0 Å². The largest absolute Gasteiger partial charge is 0.399 e. The summed E-state index contributed by atoms with van der Waals surface area (Å²) in [5, 5.41) is 18.7. The van der Waals surface area contributed by atoms with Gasteiger partial charge in [0.15, 0.2) is 0 Å². The zero-order valence-corrected chi connectivity index (χ0v) is 10.9. The van der Waals surface area contributed by atoms with Crippen LogP contribution in [0.25, 0.3) is 16.9 Å². The van der Waals surface area contributed by atoms with Gasteiger partial charge in [0.25, 0.3) is 5.69 Å². The van der Waals surface area contributed by atoms with Crippen LogP contribution in [0, 0.1) is 10.1 Å². The first-order valence-electron chi connectivity index (χ1n) is 6.16. The van der Waals surface area contributed by atoms with Crippen molar-refractivity contribution in [3.05, 3.63) is 64.8 Å². The number of nitrogen functional groups attached to an aromatic ring is 1. The van der Waals surface area contributed by atoms with Crippen LogP contribution in [0.3, 0.4) is 0 Å². The summed E-state index contributed by atoms with van der Waals surface area (Å²) in [5.74, 6) is 0. The summed E-state index contributed by atoms with van der Waals surface area (Å²) in [4.78, 5) is 10.4. The molecule has 2 N–H and O–H groups in total. The Morgan fingerprint density at radius 3 is 2.62 bits per heavy atom. The lowest BCUT2D eigenvalue weighted by Crippen LogP contribution is -2.00. The smallest absolute Gasteiger partial charge is 0.271 e. The third kappa shape index (κ3) is 2.44.